The molecule has 2 atom stereocenters. The molecule has 1 aliphatic carbocycles. The fraction of sp³-hybridized carbons (Fsp3) is 0.588. The van der Waals surface area contributed by atoms with Crippen LogP contribution in [0, 0.1) is 0 Å². The van der Waals surface area contributed by atoms with E-state index in [0.717, 1.165) is 32.2 Å². The number of aliphatic hydroxyl groups is 1. The summed E-state index contributed by atoms with van der Waals surface area (Å²) in [5.41, 5.74) is 1.73. The maximum absolute atomic E-state index is 12.6. The number of urea groups is 1. The Morgan fingerprint density at radius 2 is 2.10 bits per heavy atom. The summed E-state index contributed by atoms with van der Waals surface area (Å²) in [6.07, 6.45) is 3.82. The van der Waals surface area contributed by atoms with Crippen molar-refractivity contribution in [3.05, 3.63) is 35.4 Å². The van der Waals surface area contributed by atoms with Gasteiger partial charge in [0.05, 0.1) is 17.7 Å². The zero-order chi connectivity index (χ0) is 15.0. The third kappa shape index (κ3) is 2.77. The highest BCUT2D eigenvalue weighted by Crippen LogP contribution is 2.32. The van der Waals surface area contributed by atoms with Crippen molar-refractivity contribution < 1.29 is 9.90 Å². The molecular formula is C17H24N2O2. The zero-order valence-corrected chi connectivity index (χ0v) is 12.8. The first-order valence-corrected chi connectivity index (χ1v) is 7.84. The van der Waals surface area contributed by atoms with Gasteiger partial charge >= 0.3 is 6.03 Å². The van der Waals surface area contributed by atoms with Crippen LogP contribution in [0.1, 0.15) is 50.3 Å². The van der Waals surface area contributed by atoms with E-state index in [2.05, 4.69) is 17.4 Å². The van der Waals surface area contributed by atoms with Crippen molar-refractivity contribution in [2.45, 2.75) is 57.2 Å². The van der Waals surface area contributed by atoms with Gasteiger partial charge in [0.25, 0.3) is 0 Å². The molecule has 2 amide bonds. The lowest BCUT2D eigenvalue weighted by atomic mass is 9.97. The highest BCUT2D eigenvalue weighted by molar-refractivity contribution is 5.75. The molecule has 114 valence electrons. The van der Waals surface area contributed by atoms with Crippen LogP contribution in [0.3, 0.4) is 0 Å². The van der Waals surface area contributed by atoms with Gasteiger partial charge in [0, 0.05) is 6.54 Å². The normalized spacial score (nSPS) is 25.0. The summed E-state index contributed by atoms with van der Waals surface area (Å²) in [6, 6.07) is 8.29. The number of aryl methyl sites for hydroxylation is 1. The third-order valence-electron chi connectivity index (χ3n) is 4.76. The second kappa shape index (κ2) is 5.34. The van der Waals surface area contributed by atoms with Gasteiger partial charge in [-0.15, -0.1) is 0 Å². The molecule has 0 bridgehead atoms. The smallest absolute Gasteiger partial charge is 0.318 e. The van der Waals surface area contributed by atoms with Gasteiger partial charge < -0.3 is 15.3 Å². The fourth-order valence-corrected chi connectivity index (χ4v) is 3.68. The largest absolute Gasteiger partial charge is 0.388 e. The zero-order valence-electron chi connectivity index (χ0n) is 12.8. The minimum Gasteiger partial charge on any atom is -0.388 e. The van der Waals surface area contributed by atoms with E-state index in [-0.39, 0.29) is 18.1 Å². The first kappa shape index (κ1) is 14.4. The molecule has 21 heavy (non-hydrogen) atoms. The molecule has 1 fully saturated rings. The summed E-state index contributed by atoms with van der Waals surface area (Å²) in [7, 11) is 0. The maximum atomic E-state index is 12.6. The molecule has 0 spiro atoms. The average molecular weight is 288 g/mol. The van der Waals surface area contributed by atoms with E-state index < -0.39 is 5.60 Å². The number of carbonyl (C=O) groups excluding carboxylic acids is 1. The van der Waals surface area contributed by atoms with Crippen LogP contribution in [-0.2, 0) is 6.42 Å². The Morgan fingerprint density at radius 3 is 2.86 bits per heavy atom. The molecule has 2 aliphatic rings. The van der Waals surface area contributed by atoms with E-state index in [0.29, 0.717) is 0 Å². The van der Waals surface area contributed by atoms with Crippen molar-refractivity contribution in [2.24, 2.45) is 0 Å². The molecule has 4 nitrogen and oxygen atoms in total. The minimum absolute atomic E-state index is 0.0404. The molecule has 3 rings (SSSR count). The Hall–Kier alpha value is -1.55. The summed E-state index contributed by atoms with van der Waals surface area (Å²) in [6.45, 7) is 4.30. The lowest BCUT2D eigenvalue weighted by molar-refractivity contribution is 0.00945. The molecule has 1 aliphatic heterocycles. The second-order valence-electron chi connectivity index (χ2n) is 6.74. The van der Waals surface area contributed by atoms with Crippen LogP contribution in [0.2, 0.25) is 0 Å². The minimum atomic E-state index is -0.846. The molecule has 1 aromatic carbocycles. The van der Waals surface area contributed by atoms with Gasteiger partial charge in [0.2, 0.25) is 0 Å². The van der Waals surface area contributed by atoms with Crippen molar-refractivity contribution in [3.8, 4) is 0 Å². The number of benzene rings is 1. The molecular weight excluding hydrogens is 264 g/mol. The summed E-state index contributed by atoms with van der Waals surface area (Å²) in [5.74, 6) is 0. The summed E-state index contributed by atoms with van der Waals surface area (Å²) in [5, 5.41) is 13.4. The standard InChI is InChI=1S/C17H24N2O2/c1-17(2,21)15-8-5-11-19(15)16(20)18-14-10-9-12-6-3-4-7-13(12)14/h3-4,6-7,14-15,21H,5,8-11H2,1-2H3,(H,18,20)/t14-,15-/m1/s1. The second-order valence-corrected chi connectivity index (χ2v) is 6.74. The molecule has 2 N–H and O–H groups in total. The van der Waals surface area contributed by atoms with Crippen molar-refractivity contribution in [1.82, 2.24) is 10.2 Å². The average Bonchev–Trinajstić information content (AvgIpc) is 3.05. The van der Waals surface area contributed by atoms with Gasteiger partial charge in [-0.2, -0.15) is 0 Å². The molecule has 1 heterocycles. The van der Waals surface area contributed by atoms with Crippen molar-refractivity contribution in [2.75, 3.05) is 6.54 Å². The number of nitrogens with one attached hydrogen (secondary N) is 1. The van der Waals surface area contributed by atoms with E-state index in [9.17, 15) is 9.90 Å². The summed E-state index contributed by atoms with van der Waals surface area (Å²) in [4.78, 5) is 14.4. The highest BCUT2D eigenvalue weighted by atomic mass is 16.3. The predicted octanol–water partition coefficient (Wildman–Crippen LogP) is 2.62. The number of likely N-dealkylation sites (tertiary alicyclic amines) is 1. The van der Waals surface area contributed by atoms with Gasteiger partial charge in [0.1, 0.15) is 0 Å². The van der Waals surface area contributed by atoms with Crippen LogP contribution < -0.4 is 5.32 Å². The number of hydrogen-bond donors (Lipinski definition) is 2. The number of hydrogen-bond acceptors (Lipinski definition) is 2. The van der Waals surface area contributed by atoms with E-state index in [4.69, 9.17) is 0 Å². The van der Waals surface area contributed by atoms with Crippen LogP contribution in [0.15, 0.2) is 24.3 Å². The van der Waals surface area contributed by atoms with Gasteiger partial charge in [-0.25, -0.2) is 4.79 Å². The number of rotatable bonds is 2. The van der Waals surface area contributed by atoms with Crippen LogP contribution in [-0.4, -0.2) is 34.2 Å². The predicted molar refractivity (Wildman–Crippen MR) is 82.1 cm³/mol. The maximum Gasteiger partial charge on any atom is 0.318 e. The first-order valence-electron chi connectivity index (χ1n) is 7.84. The molecule has 0 aromatic heterocycles. The van der Waals surface area contributed by atoms with Crippen LogP contribution in [0.5, 0.6) is 0 Å². The van der Waals surface area contributed by atoms with Crippen LogP contribution in [0.4, 0.5) is 4.79 Å². The Balaban J connectivity index is 1.70. The number of amides is 2. The van der Waals surface area contributed by atoms with Gasteiger partial charge in [-0.3, -0.25) is 0 Å². The molecule has 4 heteroatoms. The number of carbonyl (C=O) groups is 1. The van der Waals surface area contributed by atoms with E-state index in [1.54, 1.807) is 18.7 Å². The van der Waals surface area contributed by atoms with Crippen molar-refractivity contribution >= 4 is 6.03 Å². The summed E-state index contributed by atoms with van der Waals surface area (Å²) >= 11 is 0. The van der Waals surface area contributed by atoms with Crippen molar-refractivity contribution in [3.63, 3.8) is 0 Å². The topological polar surface area (TPSA) is 52.6 Å². The monoisotopic (exact) mass is 288 g/mol. The van der Waals surface area contributed by atoms with E-state index in [1.807, 2.05) is 12.1 Å². The van der Waals surface area contributed by atoms with Gasteiger partial charge in [-0.1, -0.05) is 24.3 Å². The lowest BCUT2D eigenvalue weighted by Crippen LogP contribution is -2.51. The Kier molecular flexibility index (Phi) is 3.66. The Bertz CT molecular complexity index is 536. The fourth-order valence-electron chi connectivity index (χ4n) is 3.68. The summed E-state index contributed by atoms with van der Waals surface area (Å²) < 4.78 is 0. The molecule has 1 saturated heterocycles. The molecule has 0 saturated carbocycles. The van der Waals surface area contributed by atoms with Gasteiger partial charge in [0.15, 0.2) is 0 Å². The SMILES string of the molecule is CC(C)(O)[C@H]1CCCN1C(=O)N[C@@H]1CCc2ccccc21. The Morgan fingerprint density at radius 1 is 1.33 bits per heavy atom. The van der Waals surface area contributed by atoms with E-state index >= 15 is 0 Å². The molecule has 1 aromatic rings. The quantitative estimate of drug-likeness (QED) is 0.879. The number of nitrogens with zero attached hydrogens (tertiary/aromatic N) is 1. The Labute approximate surface area is 126 Å². The third-order valence-corrected chi connectivity index (χ3v) is 4.76. The van der Waals surface area contributed by atoms with E-state index in [1.165, 1.54) is 11.1 Å². The number of fused-ring (bicyclic) bond motifs is 1. The van der Waals surface area contributed by atoms with Gasteiger partial charge in [-0.05, 0) is 50.7 Å². The first-order chi connectivity index (χ1) is 9.97. The lowest BCUT2D eigenvalue weighted by Gasteiger charge is -2.34. The van der Waals surface area contributed by atoms with Crippen LogP contribution in [0.25, 0.3) is 0 Å². The highest BCUT2D eigenvalue weighted by Gasteiger charge is 2.39. The molecule has 0 radical (unpaired) electrons. The van der Waals surface area contributed by atoms with Crippen molar-refractivity contribution in [1.29, 1.82) is 0 Å². The van der Waals surface area contributed by atoms with Crippen LogP contribution >= 0.6 is 0 Å². The molecule has 0 unspecified atom stereocenters.